The van der Waals surface area contributed by atoms with Gasteiger partial charge < -0.3 is 0 Å². The minimum Gasteiger partial charge on any atom is -0.297 e. The number of carbonyl (C=O) groups excluding carboxylic acids is 2. The van der Waals surface area contributed by atoms with Crippen molar-refractivity contribution in [1.29, 1.82) is 0 Å². The number of urea groups is 1. The molecule has 0 unspecified atom stereocenters. The molecular weight excluding hydrogens is 342 g/mol. The molecular formula is C16H13Cl2FN2O2. The van der Waals surface area contributed by atoms with Crippen molar-refractivity contribution < 1.29 is 14.0 Å². The molecule has 0 aliphatic rings. The van der Waals surface area contributed by atoms with E-state index in [4.69, 9.17) is 23.2 Å². The van der Waals surface area contributed by atoms with Crippen LogP contribution >= 0.6 is 23.2 Å². The summed E-state index contributed by atoms with van der Waals surface area (Å²) in [6.07, 6.45) is 0. The van der Waals surface area contributed by atoms with Gasteiger partial charge in [-0.05, 0) is 36.4 Å². The van der Waals surface area contributed by atoms with E-state index in [2.05, 4.69) is 0 Å². The Morgan fingerprint density at radius 2 is 1.61 bits per heavy atom. The average Bonchev–Trinajstić information content (AvgIpc) is 2.53. The van der Waals surface area contributed by atoms with Gasteiger partial charge in [0.25, 0.3) is 5.91 Å². The molecule has 7 heteroatoms. The third kappa shape index (κ3) is 3.63. The van der Waals surface area contributed by atoms with Gasteiger partial charge >= 0.3 is 6.03 Å². The number of imide groups is 1. The lowest BCUT2D eigenvalue weighted by Gasteiger charge is -2.24. The minimum atomic E-state index is -0.820. The van der Waals surface area contributed by atoms with Crippen LogP contribution < -0.4 is 4.90 Å². The van der Waals surface area contributed by atoms with Crippen molar-refractivity contribution in [3.8, 4) is 0 Å². The van der Waals surface area contributed by atoms with E-state index < -0.39 is 17.8 Å². The molecule has 2 rings (SSSR count). The summed E-state index contributed by atoms with van der Waals surface area (Å²) < 4.78 is 13.8. The van der Waals surface area contributed by atoms with E-state index in [1.807, 2.05) is 0 Å². The Balaban J connectivity index is 2.25. The van der Waals surface area contributed by atoms with Crippen LogP contribution in [0.2, 0.25) is 10.0 Å². The maximum Gasteiger partial charge on any atom is 0.330 e. The highest BCUT2D eigenvalue weighted by Gasteiger charge is 2.26. The lowest BCUT2D eigenvalue weighted by Crippen LogP contribution is -2.42. The Kier molecular flexibility index (Phi) is 5.23. The Morgan fingerprint density at radius 1 is 1.00 bits per heavy atom. The van der Waals surface area contributed by atoms with E-state index in [1.165, 1.54) is 31.1 Å². The summed E-state index contributed by atoms with van der Waals surface area (Å²) in [5.41, 5.74) is 0.202. The molecule has 0 bridgehead atoms. The molecule has 0 radical (unpaired) electrons. The Labute approximate surface area is 143 Å². The Morgan fingerprint density at radius 3 is 2.17 bits per heavy atom. The first-order valence-electron chi connectivity index (χ1n) is 6.58. The number of nitrogens with zero attached hydrogens (tertiary/aromatic N) is 2. The molecule has 23 heavy (non-hydrogen) atoms. The Bertz CT molecular complexity index is 730. The van der Waals surface area contributed by atoms with E-state index >= 15 is 0 Å². The number of rotatable bonds is 2. The van der Waals surface area contributed by atoms with Crippen LogP contribution in [0.3, 0.4) is 0 Å². The first kappa shape index (κ1) is 17.2. The largest absolute Gasteiger partial charge is 0.330 e. The normalized spacial score (nSPS) is 10.3. The second-order valence-electron chi connectivity index (χ2n) is 4.78. The van der Waals surface area contributed by atoms with Crippen LogP contribution in [0.4, 0.5) is 14.9 Å². The van der Waals surface area contributed by atoms with Crippen LogP contribution in [-0.4, -0.2) is 30.9 Å². The number of carbonyl (C=O) groups is 2. The molecule has 2 aromatic carbocycles. The summed E-state index contributed by atoms with van der Waals surface area (Å²) >= 11 is 11.7. The molecule has 0 fully saturated rings. The van der Waals surface area contributed by atoms with Gasteiger partial charge in [0.1, 0.15) is 5.82 Å². The fourth-order valence-electron chi connectivity index (χ4n) is 1.96. The summed E-state index contributed by atoms with van der Waals surface area (Å²) in [6, 6.07) is 9.77. The zero-order valence-electron chi connectivity index (χ0n) is 12.4. The molecule has 0 aromatic heterocycles. The minimum absolute atomic E-state index is 0.0520. The van der Waals surface area contributed by atoms with Crippen LogP contribution in [0, 0.1) is 5.82 Å². The van der Waals surface area contributed by atoms with E-state index in [0.29, 0.717) is 10.7 Å². The number of hydrogen-bond acceptors (Lipinski definition) is 2. The van der Waals surface area contributed by atoms with E-state index in [-0.39, 0.29) is 10.6 Å². The Hall–Kier alpha value is -2.11. The number of hydrogen-bond donors (Lipinski definition) is 0. The van der Waals surface area contributed by atoms with Crippen LogP contribution in [0.25, 0.3) is 0 Å². The maximum absolute atomic E-state index is 13.8. The summed E-state index contributed by atoms with van der Waals surface area (Å²) in [4.78, 5) is 26.8. The SMILES string of the molecule is CN(C(=O)c1c(F)cccc1Cl)C(=O)N(C)c1ccc(Cl)cc1. The molecule has 0 saturated carbocycles. The van der Waals surface area contributed by atoms with Crippen LogP contribution in [0.15, 0.2) is 42.5 Å². The first-order chi connectivity index (χ1) is 10.8. The number of anilines is 1. The summed E-state index contributed by atoms with van der Waals surface area (Å²) in [7, 11) is 2.76. The quantitative estimate of drug-likeness (QED) is 0.798. The van der Waals surface area contributed by atoms with Gasteiger partial charge in [-0.25, -0.2) is 9.18 Å². The molecule has 4 nitrogen and oxygen atoms in total. The molecule has 0 N–H and O–H groups in total. The highest BCUT2D eigenvalue weighted by Crippen LogP contribution is 2.22. The maximum atomic E-state index is 13.8. The fraction of sp³-hybridized carbons (Fsp3) is 0.125. The van der Waals surface area contributed by atoms with Gasteiger partial charge in [-0.2, -0.15) is 0 Å². The smallest absolute Gasteiger partial charge is 0.297 e. The zero-order chi connectivity index (χ0) is 17.1. The van der Waals surface area contributed by atoms with E-state index in [0.717, 1.165) is 11.0 Å². The van der Waals surface area contributed by atoms with Gasteiger partial charge in [0.15, 0.2) is 0 Å². The highest BCUT2D eigenvalue weighted by atomic mass is 35.5. The third-order valence-electron chi connectivity index (χ3n) is 3.27. The number of benzene rings is 2. The molecule has 0 atom stereocenters. The zero-order valence-corrected chi connectivity index (χ0v) is 13.9. The predicted octanol–water partition coefficient (Wildman–Crippen LogP) is 4.46. The van der Waals surface area contributed by atoms with Crippen molar-refractivity contribution in [2.24, 2.45) is 0 Å². The van der Waals surface area contributed by atoms with Crippen molar-refractivity contribution in [2.75, 3.05) is 19.0 Å². The number of amides is 3. The predicted molar refractivity (Wildman–Crippen MR) is 88.8 cm³/mol. The fourth-order valence-corrected chi connectivity index (χ4v) is 2.33. The lowest BCUT2D eigenvalue weighted by molar-refractivity contribution is 0.0832. The van der Waals surface area contributed by atoms with Gasteiger partial charge in [0.05, 0.1) is 10.6 Å². The van der Waals surface area contributed by atoms with Crippen LogP contribution in [0.1, 0.15) is 10.4 Å². The van der Waals surface area contributed by atoms with Gasteiger partial charge in [-0.3, -0.25) is 14.6 Å². The lowest BCUT2D eigenvalue weighted by atomic mass is 10.2. The second kappa shape index (κ2) is 6.98. The van der Waals surface area contributed by atoms with Gasteiger partial charge in [-0.1, -0.05) is 29.3 Å². The standard InChI is InChI=1S/C16H13Cl2FN2O2/c1-20(11-8-6-10(17)7-9-11)16(23)21(2)15(22)14-12(18)4-3-5-13(14)19/h3-9H,1-2H3. The number of halogens is 3. The molecule has 0 aliphatic heterocycles. The topological polar surface area (TPSA) is 40.6 Å². The molecule has 3 amide bonds. The van der Waals surface area contributed by atoms with Crippen molar-refractivity contribution in [3.05, 3.63) is 63.9 Å². The highest BCUT2D eigenvalue weighted by molar-refractivity contribution is 6.34. The molecule has 2 aromatic rings. The summed E-state index contributed by atoms with van der Waals surface area (Å²) in [6.45, 7) is 0. The van der Waals surface area contributed by atoms with Gasteiger partial charge in [0.2, 0.25) is 0 Å². The van der Waals surface area contributed by atoms with E-state index in [1.54, 1.807) is 24.3 Å². The summed E-state index contributed by atoms with van der Waals surface area (Å²) in [5, 5.41) is 0.473. The molecule has 0 aliphatic carbocycles. The molecule has 0 heterocycles. The average molecular weight is 355 g/mol. The monoisotopic (exact) mass is 354 g/mol. The van der Waals surface area contributed by atoms with Crippen molar-refractivity contribution >= 4 is 40.8 Å². The van der Waals surface area contributed by atoms with Crippen molar-refractivity contribution in [3.63, 3.8) is 0 Å². The van der Waals surface area contributed by atoms with Crippen molar-refractivity contribution in [1.82, 2.24) is 4.90 Å². The van der Waals surface area contributed by atoms with Crippen molar-refractivity contribution in [2.45, 2.75) is 0 Å². The van der Waals surface area contributed by atoms with Gasteiger partial charge in [0, 0.05) is 24.8 Å². The first-order valence-corrected chi connectivity index (χ1v) is 7.34. The second-order valence-corrected chi connectivity index (χ2v) is 5.62. The molecule has 0 saturated heterocycles. The van der Waals surface area contributed by atoms with E-state index in [9.17, 15) is 14.0 Å². The van der Waals surface area contributed by atoms with Gasteiger partial charge in [-0.15, -0.1) is 0 Å². The third-order valence-corrected chi connectivity index (χ3v) is 3.84. The van der Waals surface area contributed by atoms with Crippen LogP contribution in [0.5, 0.6) is 0 Å². The molecule has 120 valence electrons. The summed E-state index contributed by atoms with van der Waals surface area (Å²) in [5.74, 6) is -1.60. The molecule has 0 spiro atoms. The van der Waals surface area contributed by atoms with Crippen LogP contribution in [-0.2, 0) is 0 Å².